The maximum absolute atomic E-state index is 13.0. The molecule has 1 aromatic heterocycles. The first-order chi connectivity index (χ1) is 13.5. The number of nitrogens with one attached hydrogen (secondary N) is 1. The molecule has 7 nitrogen and oxygen atoms in total. The Labute approximate surface area is 164 Å². The smallest absolute Gasteiger partial charge is 0.255 e. The van der Waals surface area contributed by atoms with E-state index in [1.54, 1.807) is 7.11 Å². The van der Waals surface area contributed by atoms with Gasteiger partial charge in [-0.2, -0.15) is 0 Å². The van der Waals surface area contributed by atoms with Crippen LogP contribution in [0.5, 0.6) is 5.75 Å². The summed E-state index contributed by atoms with van der Waals surface area (Å²) in [7, 11) is 1.63. The molecule has 0 spiro atoms. The molecule has 1 aliphatic heterocycles. The van der Waals surface area contributed by atoms with Crippen LogP contribution in [0.4, 0.5) is 0 Å². The minimum Gasteiger partial charge on any atom is -0.497 e. The zero-order chi connectivity index (χ0) is 19.7. The number of nitrogens with zero attached hydrogens (tertiary/aromatic N) is 3. The van der Waals surface area contributed by atoms with Crippen molar-refractivity contribution in [3.8, 4) is 5.75 Å². The van der Waals surface area contributed by atoms with E-state index in [9.17, 15) is 9.59 Å². The van der Waals surface area contributed by atoms with Crippen LogP contribution in [0.15, 0.2) is 24.3 Å². The van der Waals surface area contributed by atoms with Crippen molar-refractivity contribution in [3.05, 3.63) is 35.5 Å². The van der Waals surface area contributed by atoms with E-state index in [-0.39, 0.29) is 11.8 Å². The Bertz CT molecular complexity index is 902. The number of amides is 2. The summed E-state index contributed by atoms with van der Waals surface area (Å²) in [5.41, 5.74) is 2.18. The van der Waals surface area contributed by atoms with Crippen LogP contribution in [0.3, 0.4) is 0 Å². The molecule has 1 saturated carbocycles. The van der Waals surface area contributed by atoms with Gasteiger partial charge in [0.05, 0.1) is 30.4 Å². The predicted octanol–water partition coefficient (Wildman–Crippen LogP) is 1.59. The maximum Gasteiger partial charge on any atom is 0.255 e. The van der Waals surface area contributed by atoms with Gasteiger partial charge in [0.15, 0.2) is 0 Å². The summed E-state index contributed by atoms with van der Waals surface area (Å²) in [5, 5.41) is 3.94. The average molecular weight is 382 g/mol. The zero-order valence-electron chi connectivity index (χ0n) is 16.4. The third-order valence-corrected chi connectivity index (χ3v) is 5.41. The Morgan fingerprint density at radius 2 is 1.93 bits per heavy atom. The molecule has 2 heterocycles. The number of carbonyl (C=O) groups excluding carboxylic acids is 2. The Balaban J connectivity index is 1.40. The fourth-order valence-corrected chi connectivity index (χ4v) is 3.57. The van der Waals surface area contributed by atoms with Gasteiger partial charge >= 0.3 is 0 Å². The summed E-state index contributed by atoms with van der Waals surface area (Å²) in [4.78, 5) is 33.6. The lowest BCUT2D eigenvalue weighted by molar-refractivity contribution is -0.122. The van der Waals surface area contributed by atoms with Gasteiger partial charge < -0.3 is 15.0 Å². The summed E-state index contributed by atoms with van der Waals surface area (Å²) in [6.45, 7) is 4.94. The lowest BCUT2D eigenvalue weighted by Gasteiger charge is -2.34. The Kier molecular flexibility index (Phi) is 5.17. The summed E-state index contributed by atoms with van der Waals surface area (Å²) in [6, 6.07) is 7.97. The average Bonchev–Trinajstić information content (AvgIpc) is 3.50. The number of carbonyl (C=O) groups is 2. The van der Waals surface area contributed by atoms with Crippen LogP contribution in [-0.4, -0.2) is 72.5 Å². The number of aromatic nitrogens is 1. The Hall–Kier alpha value is -2.67. The third-order valence-electron chi connectivity index (χ3n) is 5.41. The standard InChI is InChI=1S/C21H26N4O3/c1-14-18(11-15-3-6-17(28-2)12-19(15)22-14)21(27)25-9-7-24(8-10-25)13-20(26)23-16-4-5-16/h3,6,11-12,16H,4-5,7-10,13H2,1-2H3,(H,23,26). The second-order valence-electron chi connectivity index (χ2n) is 7.59. The van der Waals surface area contributed by atoms with Gasteiger partial charge in [-0.05, 0) is 38.0 Å². The van der Waals surface area contributed by atoms with E-state index in [1.165, 1.54) is 0 Å². The van der Waals surface area contributed by atoms with Gasteiger partial charge in [-0.15, -0.1) is 0 Å². The second kappa shape index (κ2) is 7.75. The van der Waals surface area contributed by atoms with E-state index in [4.69, 9.17) is 4.74 Å². The van der Waals surface area contributed by atoms with Gasteiger partial charge in [-0.1, -0.05) is 0 Å². The van der Waals surface area contributed by atoms with Crippen LogP contribution in [0, 0.1) is 6.92 Å². The summed E-state index contributed by atoms with van der Waals surface area (Å²) in [5.74, 6) is 0.845. The predicted molar refractivity (Wildman–Crippen MR) is 107 cm³/mol. The van der Waals surface area contributed by atoms with Crippen molar-refractivity contribution in [1.29, 1.82) is 0 Å². The van der Waals surface area contributed by atoms with E-state index < -0.39 is 0 Å². The van der Waals surface area contributed by atoms with E-state index in [1.807, 2.05) is 36.1 Å². The zero-order valence-corrected chi connectivity index (χ0v) is 16.4. The molecule has 28 heavy (non-hydrogen) atoms. The molecule has 0 atom stereocenters. The largest absolute Gasteiger partial charge is 0.497 e. The first-order valence-corrected chi connectivity index (χ1v) is 9.80. The lowest BCUT2D eigenvalue weighted by atomic mass is 10.1. The van der Waals surface area contributed by atoms with Gasteiger partial charge in [-0.25, -0.2) is 0 Å². The molecule has 1 aromatic carbocycles. The summed E-state index contributed by atoms with van der Waals surface area (Å²) in [6.07, 6.45) is 2.19. The minimum atomic E-state index is 0.00444. The molecule has 1 aliphatic carbocycles. The SMILES string of the molecule is COc1ccc2cc(C(=O)N3CCN(CC(=O)NC4CC4)CC3)c(C)nc2c1. The van der Waals surface area contributed by atoms with E-state index in [2.05, 4.69) is 15.2 Å². The number of piperazine rings is 1. The molecular formula is C21H26N4O3. The van der Waals surface area contributed by atoms with E-state index in [0.717, 1.165) is 35.2 Å². The molecule has 0 bridgehead atoms. The number of aryl methyl sites for hydroxylation is 1. The van der Waals surface area contributed by atoms with Gasteiger partial charge in [0.2, 0.25) is 5.91 Å². The van der Waals surface area contributed by atoms with Gasteiger partial charge in [0.25, 0.3) is 5.91 Å². The number of benzene rings is 1. The van der Waals surface area contributed by atoms with Gasteiger partial charge in [-0.3, -0.25) is 19.5 Å². The van der Waals surface area contributed by atoms with Crippen molar-refractivity contribution in [2.75, 3.05) is 39.8 Å². The maximum atomic E-state index is 13.0. The monoisotopic (exact) mass is 382 g/mol. The fraction of sp³-hybridized carbons (Fsp3) is 0.476. The van der Waals surface area contributed by atoms with Crippen LogP contribution in [-0.2, 0) is 4.79 Å². The van der Waals surface area contributed by atoms with Crippen LogP contribution in [0.25, 0.3) is 10.9 Å². The van der Waals surface area contributed by atoms with Crippen LogP contribution in [0.2, 0.25) is 0 Å². The molecule has 2 amide bonds. The Morgan fingerprint density at radius 3 is 2.61 bits per heavy atom. The van der Waals surface area contributed by atoms with Crippen molar-refractivity contribution in [3.63, 3.8) is 0 Å². The van der Waals surface area contributed by atoms with E-state index in [0.29, 0.717) is 44.3 Å². The number of fused-ring (bicyclic) bond motifs is 1. The summed E-state index contributed by atoms with van der Waals surface area (Å²) >= 11 is 0. The molecule has 2 fully saturated rings. The molecule has 2 aromatic rings. The van der Waals surface area contributed by atoms with Crippen LogP contribution >= 0.6 is 0 Å². The van der Waals surface area contributed by atoms with Crippen molar-refractivity contribution in [2.24, 2.45) is 0 Å². The number of methoxy groups -OCH3 is 1. The molecule has 4 rings (SSSR count). The first kappa shape index (κ1) is 18.7. The fourth-order valence-electron chi connectivity index (χ4n) is 3.57. The minimum absolute atomic E-state index is 0.00444. The van der Waals surface area contributed by atoms with Crippen molar-refractivity contribution in [1.82, 2.24) is 20.1 Å². The van der Waals surface area contributed by atoms with Gasteiger partial charge in [0.1, 0.15) is 5.75 Å². The molecule has 1 N–H and O–H groups in total. The molecule has 148 valence electrons. The molecule has 1 saturated heterocycles. The molecule has 0 unspecified atom stereocenters. The van der Waals surface area contributed by atoms with Crippen molar-refractivity contribution >= 4 is 22.7 Å². The highest BCUT2D eigenvalue weighted by atomic mass is 16.5. The van der Waals surface area contributed by atoms with E-state index >= 15 is 0 Å². The highest BCUT2D eigenvalue weighted by molar-refractivity contribution is 5.98. The molecule has 7 heteroatoms. The second-order valence-corrected chi connectivity index (χ2v) is 7.59. The first-order valence-electron chi connectivity index (χ1n) is 9.80. The number of pyridine rings is 1. The number of hydrogen-bond acceptors (Lipinski definition) is 5. The molecule has 2 aliphatic rings. The highest BCUT2D eigenvalue weighted by Gasteiger charge is 2.27. The summed E-state index contributed by atoms with van der Waals surface area (Å²) < 4.78 is 5.25. The van der Waals surface area contributed by atoms with Crippen LogP contribution < -0.4 is 10.1 Å². The highest BCUT2D eigenvalue weighted by Crippen LogP contribution is 2.23. The quantitative estimate of drug-likeness (QED) is 0.850. The third kappa shape index (κ3) is 4.09. The molecule has 0 radical (unpaired) electrons. The van der Waals surface area contributed by atoms with Crippen molar-refractivity contribution < 1.29 is 14.3 Å². The number of rotatable bonds is 5. The normalized spacial score (nSPS) is 17.6. The number of ether oxygens (including phenoxy) is 1. The van der Waals surface area contributed by atoms with Crippen molar-refractivity contribution in [2.45, 2.75) is 25.8 Å². The lowest BCUT2D eigenvalue weighted by Crippen LogP contribution is -2.51. The molecular weight excluding hydrogens is 356 g/mol. The van der Waals surface area contributed by atoms with Crippen LogP contribution in [0.1, 0.15) is 28.9 Å². The van der Waals surface area contributed by atoms with Gasteiger partial charge in [0, 0.05) is 43.7 Å². The number of hydrogen-bond donors (Lipinski definition) is 1. The topological polar surface area (TPSA) is 74.8 Å². The Morgan fingerprint density at radius 1 is 1.18 bits per heavy atom.